The lowest BCUT2D eigenvalue weighted by molar-refractivity contribution is 0.296. The third-order valence-electron chi connectivity index (χ3n) is 2.77. The molecule has 0 heterocycles. The monoisotopic (exact) mass is 270 g/mol. The maximum Gasteiger partial charge on any atom is 0.0948 e. The molecule has 1 aromatic carbocycles. The Morgan fingerprint density at radius 2 is 2.12 bits per heavy atom. The van der Waals surface area contributed by atoms with Gasteiger partial charge in [-0.2, -0.15) is 0 Å². The first-order chi connectivity index (χ1) is 8.07. The summed E-state index contributed by atoms with van der Waals surface area (Å²) in [5.74, 6) is 0. The van der Waals surface area contributed by atoms with Crippen LogP contribution in [-0.4, -0.2) is 23.5 Å². The summed E-state index contributed by atoms with van der Waals surface area (Å²) in [6.45, 7) is 3.13. The van der Waals surface area contributed by atoms with Gasteiger partial charge >= 0.3 is 0 Å². The average molecular weight is 271 g/mol. The highest BCUT2D eigenvalue weighted by Crippen LogP contribution is 2.27. The molecule has 0 aliphatic rings. The minimum absolute atomic E-state index is 0.0785. The van der Waals surface area contributed by atoms with Gasteiger partial charge in [0.1, 0.15) is 0 Å². The lowest BCUT2D eigenvalue weighted by atomic mass is 10.1. The molecule has 17 heavy (non-hydrogen) atoms. The van der Waals surface area contributed by atoms with Gasteiger partial charge in [0, 0.05) is 5.02 Å². The molecule has 0 saturated carbocycles. The van der Waals surface area contributed by atoms with Crippen LogP contribution in [0.15, 0.2) is 24.3 Å². The highest BCUT2D eigenvalue weighted by atomic mass is 35.5. The largest absolute Gasteiger partial charge is 0.392 e. The second kappa shape index (κ2) is 6.94. The zero-order chi connectivity index (χ0) is 12.8. The van der Waals surface area contributed by atoms with E-state index in [0.717, 1.165) is 24.9 Å². The van der Waals surface area contributed by atoms with E-state index in [1.54, 1.807) is 0 Å². The first kappa shape index (κ1) is 14.4. The lowest BCUT2D eigenvalue weighted by Crippen LogP contribution is -2.35. The highest BCUT2D eigenvalue weighted by molar-refractivity contribution is 7.80. The van der Waals surface area contributed by atoms with Crippen molar-refractivity contribution >= 4 is 28.8 Å². The topological polar surface area (TPSA) is 29.3 Å². The molecule has 1 unspecified atom stereocenters. The van der Waals surface area contributed by atoms with E-state index in [0.29, 0.717) is 10.0 Å². The van der Waals surface area contributed by atoms with Crippen LogP contribution in [0.3, 0.4) is 0 Å². The van der Waals surface area contributed by atoms with Crippen LogP contribution < -0.4 is 5.73 Å². The first-order valence-electron chi connectivity index (χ1n) is 5.82. The summed E-state index contributed by atoms with van der Waals surface area (Å²) in [4.78, 5) is 2.63. The van der Waals surface area contributed by atoms with E-state index in [4.69, 9.17) is 29.6 Å². The molecule has 0 aliphatic heterocycles. The molecule has 0 bridgehead atoms. The van der Waals surface area contributed by atoms with Gasteiger partial charge in [-0.25, -0.2) is 0 Å². The van der Waals surface area contributed by atoms with E-state index in [2.05, 4.69) is 11.8 Å². The molecule has 0 fully saturated rings. The average Bonchev–Trinajstić information content (AvgIpc) is 2.29. The van der Waals surface area contributed by atoms with Crippen molar-refractivity contribution in [2.24, 2.45) is 5.73 Å². The fourth-order valence-electron chi connectivity index (χ4n) is 1.84. The van der Waals surface area contributed by atoms with E-state index in [1.165, 1.54) is 0 Å². The van der Waals surface area contributed by atoms with Gasteiger partial charge in [-0.15, -0.1) is 0 Å². The number of rotatable bonds is 6. The molecule has 94 valence electrons. The van der Waals surface area contributed by atoms with Gasteiger partial charge in [0.05, 0.1) is 11.0 Å². The van der Waals surface area contributed by atoms with Crippen molar-refractivity contribution in [2.45, 2.75) is 25.8 Å². The number of hydrogen-bond acceptors (Lipinski definition) is 2. The molecule has 0 aliphatic carbocycles. The van der Waals surface area contributed by atoms with E-state index in [1.807, 2.05) is 31.3 Å². The molecule has 0 radical (unpaired) electrons. The van der Waals surface area contributed by atoms with Crippen LogP contribution in [0.1, 0.15) is 31.4 Å². The molecular weight excluding hydrogens is 252 g/mol. The van der Waals surface area contributed by atoms with Gasteiger partial charge in [0.25, 0.3) is 0 Å². The zero-order valence-corrected chi connectivity index (χ0v) is 11.9. The van der Waals surface area contributed by atoms with Crippen LogP contribution in [0.25, 0.3) is 0 Å². The second-order valence-corrected chi connectivity index (χ2v) is 5.04. The highest BCUT2D eigenvalue weighted by Gasteiger charge is 2.21. The Morgan fingerprint density at radius 3 is 2.65 bits per heavy atom. The lowest BCUT2D eigenvalue weighted by Gasteiger charge is -2.28. The van der Waals surface area contributed by atoms with Crippen LogP contribution >= 0.6 is 23.8 Å². The van der Waals surface area contributed by atoms with Crippen LogP contribution in [0.5, 0.6) is 0 Å². The predicted octanol–water partition coefficient (Wildman–Crippen LogP) is 3.40. The van der Waals surface area contributed by atoms with E-state index in [9.17, 15) is 0 Å². The maximum atomic E-state index is 6.20. The van der Waals surface area contributed by atoms with Gasteiger partial charge in [0.2, 0.25) is 0 Å². The number of thiocarbonyl (C=S) groups is 1. The van der Waals surface area contributed by atoms with Gasteiger partial charge in [0.15, 0.2) is 0 Å². The van der Waals surface area contributed by atoms with Gasteiger partial charge in [-0.3, -0.25) is 4.90 Å². The van der Waals surface area contributed by atoms with E-state index < -0.39 is 0 Å². The minimum atomic E-state index is -0.0785. The number of benzene rings is 1. The maximum absolute atomic E-state index is 6.20. The Hall–Kier alpha value is -0.640. The standard InChI is InChI=1S/C13H19ClN2S/c1-3-4-9-16(2)12(13(15)17)10-7-5-6-8-11(10)14/h5-8,12H,3-4,9H2,1-2H3,(H2,15,17). The summed E-state index contributed by atoms with van der Waals surface area (Å²) < 4.78 is 0. The summed E-state index contributed by atoms with van der Waals surface area (Å²) in [6.07, 6.45) is 2.27. The number of hydrogen-bond donors (Lipinski definition) is 1. The zero-order valence-electron chi connectivity index (χ0n) is 10.3. The fourth-order valence-corrected chi connectivity index (χ4v) is 2.39. The van der Waals surface area contributed by atoms with E-state index >= 15 is 0 Å². The van der Waals surface area contributed by atoms with Crippen molar-refractivity contribution in [3.8, 4) is 0 Å². The quantitative estimate of drug-likeness (QED) is 0.804. The summed E-state index contributed by atoms with van der Waals surface area (Å²) in [5, 5.41) is 0.716. The molecule has 1 rings (SSSR count). The number of nitrogens with two attached hydrogens (primary N) is 1. The van der Waals surface area contributed by atoms with Gasteiger partial charge in [-0.05, 0) is 31.6 Å². The SMILES string of the molecule is CCCCN(C)C(C(N)=S)c1ccccc1Cl. The smallest absolute Gasteiger partial charge is 0.0948 e. The summed E-state index contributed by atoms with van der Waals surface area (Å²) in [7, 11) is 2.03. The van der Waals surface area contributed by atoms with Crippen molar-refractivity contribution in [1.82, 2.24) is 4.90 Å². The Kier molecular flexibility index (Phi) is 5.89. The molecule has 2 N–H and O–H groups in total. The Balaban J connectivity index is 2.93. The Morgan fingerprint density at radius 1 is 1.47 bits per heavy atom. The van der Waals surface area contributed by atoms with E-state index in [-0.39, 0.29) is 6.04 Å². The Labute approximate surface area is 114 Å². The first-order valence-corrected chi connectivity index (χ1v) is 6.60. The molecule has 1 aromatic rings. The van der Waals surface area contributed by atoms with Crippen molar-refractivity contribution in [1.29, 1.82) is 0 Å². The molecular formula is C13H19ClN2S. The third kappa shape index (κ3) is 3.95. The number of unbranched alkanes of at least 4 members (excludes halogenated alkanes) is 1. The van der Waals surface area contributed by atoms with Crippen LogP contribution in [0.2, 0.25) is 5.02 Å². The molecule has 0 spiro atoms. The molecule has 0 aromatic heterocycles. The van der Waals surface area contributed by atoms with Gasteiger partial charge < -0.3 is 5.73 Å². The molecule has 4 heteroatoms. The Bertz CT molecular complexity index is 381. The predicted molar refractivity (Wildman–Crippen MR) is 78.5 cm³/mol. The summed E-state index contributed by atoms with van der Waals surface area (Å²) in [6, 6.07) is 7.64. The second-order valence-electron chi connectivity index (χ2n) is 4.16. The van der Waals surface area contributed by atoms with Crippen LogP contribution in [0, 0.1) is 0 Å². The number of nitrogens with zero attached hydrogens (tertiary/aromatic N) is 1. The van der Waals surface area contributed by atoms with Crippen molar-refractivity contribution in [3.63, 3.8) is 0 Å². The van der Waals surface area contributed by atoms with Crippen molar-refractivity contribution in [3.05, 3.63) is 34.9 Å². The molecule has 0 saturated heterocycles. The normalized spacial score (nSPS) is 12.7. The molecule has 2 nitrogen and oxygen atoms in total. The molecule has 0 amide bonds. The van der Waals surface area contributed by atoms with Crippen molar-refractivity contribution in [2.75, 3.05) is 13.6 Å². The summed E-state index contributed by atoms with van der Waals surface area (Å²) in [5.41, 5.74) is 6.83. The fraction of sp³-hybridized carbons (Fsp3) is 0.462. The molecule has 1 atom stereocenters. The van der Waals surface area contributed by atoms with Crippen molar-refractivity contribution < 1.29 is 0 Å². The summed E-state index contributed by atoms with van der Waals surface area (Å²) >= 11 is 11.4. The third-order valence-corrected chi connectivity index (χ3v) is 3.34. The number of halogens is 1. The van der Waals surface area contributed by atoms with Gasteiger partial charge in [-0.1, -0.05) is 55.4 Å². The number of likely N-dealkylation sites (N-methyl/N-ethyl adjacent to an activating group) is 1. The van der Waals surface area contributed by atoms with Crippen LogP contribution in [0.4, 0.5) is 0 Å². The minimum Gasteiger partial charge on any atom is -0.392 e. The van der Waals surface area contributed by atoms with Crippen LogP contribution in [-0.2, 0) is 0 Å².